The summed E-state index contributed by atoms with van der Waals surface area (Å²) in [4.78, 5) is 22.1. The van der Waals surface area contributed by atoms with Gasteiger partial charge >= 0.3 is 6.03 Å². The van der Waals surface area contributed by atoms with Crippen LogP contribution in [0.2, 0.25) is 0 Å². The Morgan fingerprint density at radius 2 is 2.11 bits per heavy atom. The van der Waals surface area contributed by atoms with Crippen molar-refractivity contribution in [2.45, 2.75) is 25.8 Å². The number of amides is 3. The third-order valence-electron chi connectivity index (χ3n) is 2.56. The number of carbonyl (C=O) groups excluding carboxylic acids is 2. The summed E-state index contributed by atoms with van der Waals surface area (Å²) in [6.45, 7) is 2.28. The first-order valence-electron chi connectivity index (χ1n) is 6.17. The predicted octanol–water partition coefficient (Wildman–Crippen LogP) is 1.09. The molecular weight excluding hydrogens is 244 g/mol. The van der Waals surface area contributed by atoms with Crippen LogP contribution >= 0.6 is 0 Å². The van der Waals surface area contributed by atoms with Crippen molar-refractivity contribution in [2.24, 2.45) is 11.5 Å². The van der Waals surface area contributed by atoms with E-state index in [1.165, 1.54) is 0 Å². The van der Waals surface area contributed by atoms with E-state index in [4.69, 9.17) is 11.5 Å². The van der Waals surface area contributed by atoms with Gasteiger partial charge in [-0.05, 0) is 31.0 Å². The number of nitrogens with two attached hydrogens (primary N) is 2. The lowest BCUT2D eigenvalue weighted by atomic mass is 10.1. The largest absolute Gasteiger partial charge is 0.370 e. The predicted molar refractivity (Wildman–Crippen MR) is 74.5 cm³/mol. The third-order valence-corrected chi connectivity index (χ3v) is 2.56. The van der Waals surface area contributed by atoms with Crippen molar-refractivity contribution < 1.29 is 9.59 Å². The maximum Gasteiger partial charge on any atom is 0.319 e. The van der Waals surface area contributed by atoms with Gasteiger partial charge in [0.1, 0.15) is 0 Å². The van der Waals surface area contributed by atoms with E-state index < -0.39 is 0 Å². The number of rotatable bonds is 6. The Kier molecular flexibility index (Phi) is 5.81. The fraction of sp³-hybridized carbons (Fsp3) is 0.385. The van der Waals surface area contributed by atoms with Gasteiger partial charge in [-0.1, -0.05) is 12.1 Å². The fourth-order valence-electron chi connectivity index (χ4n) is 1.54. The molecule has 0 spiro atoms. The van der Waals surface area contributed by atoms with Crippen LogP contribution in [-0.2, 0) is 4.79 Å². The van der Waals surface area contributed by atoms with Crippen LogP contribution < -0.4 is 22.1 Å². The molecule has 0 saturated carbocycles. The quantitative estimate of drug-likeness (QED) is 0.577. The van der Waals surface area contributed by atoms with E-state index in [1.54, 1.807) is 6.07 Å². The first-order valence-corrected chi connectivity index (χ1v) is 6.17. The minimum atomic E-state index is -0.369. The summed E-state index contributed by atoms with van der Waals surface area (Å²) in [6.07, 6.45) is 0.795. The summed E-state index contributed by atoms with van der Waals surface area (Å²) in [5.74, 6) is -0.369. The molecule has 6 heteroatoms. The van der Waals surface area contributed by atoms with Crippen LogP contribution in [0, 0.1) is 0 Å². The zero-order chi connectivity index (χ0) is 14.3. The van der Waals surface area contributed by atoms with Gasteiger partial charge in [0.15, 0.2) is 0 Å². The van der Waals surface area contributed by atoms with Crippen molar-refractivity contribution in [3.63, 3.8) is 0 Å². The van der Waals surface area contributed by atoms with E-state index in [1.807, 2.05) is 25.1 Å². The second-order valence-electron chi connectivity index (χ2n) is 4.36. The Bertz CT molecular complexity index is 446. The summed E-state index contributed by atoms with van der Waals surface area (Å²) in [7, 11) is 0. The normalized spacial score (nSPS) is 11.7. The third kappa shape index (κ3) is 5.87. The van der Waals surface area contributed by atoms with Gasteiger partial charge < -0.3 is 22.1 Å². The highest BCUT2D eigenvalue weighted by molar-refractivity contribution is 5.89. The first kappa shape index (κ1) is 15.0. The number of carbonyl (C=O) groups is 2. The number of benzene rings is 1. The molecule has 0 radical (unpaired) electrons. The molecule has 0 fully saturated rings. The molecular formula is C13H20N4O2. The Labute approximate surface area is 112 Å². The van der Waals surface area contributed by atoms with Gasteiger partial charge in [-0.25, -0.2) is 4.79 Å². The molecule has 0 bridgehead atoms. The molecule has 6 nitrogen and oxygen atoms in total. The number of primary amides is 1. The van der Waals surface area contributed by atoms with Crippen molar-refractivity contribution in [1.82, 2.24) is 5.32 Å². The van der Waals surface area contributed by atoms with Crippen LogP contribution in [-0.4, -0.2) is 18.5 Å². The van der Waals surface area contributed by atoms with E-state index in [0.29, 0.717) is 18.7 Å². The number of urea groups is 1. The van der Waals surface area contributed by atoms with E-state index in [9.17, 15) is 9.59 Å². The highest BCUT2D eigenvalue weighted by Gasteiger charge is 2.04. The van der Waals surface area contributed by atoms with Crippen molar-refractivity contribution in [2.75, 3.05) is 11.9 Å². The number of anilines is 1. The van der Waals surface area contributed by atoms with Gasteiger partial charge in [0.05, 0.1) is 0 Å². The molecule has 0 aliphatic rings. The maximum atomic E-state index is 11.6. The molecule has 0 aromatic heterocycles. The molecule has 104 valence electrons. The minimum Gasteiger partial charge on any atom is -0.370 e. The van der Waals surface area contributed by atoms with Crippen LogP contribution in [0.5, 0.6) is 0 Å². The van der Waals surface area contributed by atoms with Crippen LogP contribution in [0.15, 0.2) is 24.3 Å². The van der Waals surface area contributed by atoms with Crippen molar-refractivity contribution in [3.05, 3.63) is 29.8 Å². The van der Waals surface area contributed by atoms with E-state index in [0.717, 1.165) is 5.56 Å². The lowest BCUT2D eigenvalue weighted by Gasteiger charge is -2.10. The monoisotopic (exact) mass is 264 g/mol. The van der Waals surface area contributed by atoms with Gasteiger partial charge in [-0.15, -0.1) is 0 Å². The second-order valence-corrected chi connectivity index (χ2v) is 4.36. The zero-order valence-electron chi connectivity index (χ0n) is 11.0. The Morgan fingerprint density at radius 3 is 2.74 bits per heavy atom. The SMILES string of the molecule is CC(N)c1cccc(NC(=O)NCCCC(N)=O)c1. The van der Waals surface area contributed by atoms with Gasteiger partial charge in [0, 0.05) is 24.7 Å². The molecule has 6 N–H and O–H groups in total. The maximum absolute atomic E-state index is 11.6. The topological polar surface area (TPSA) is 110 Å². The van der Waals surface area contributed by atoms with Gasteiger partial charge in [-0.3, -0.25) is 4.79 Å². The molecule has 1 rings (SSSR count). The van der Waals surface area contributed by atoms with Gasteiger partial charge in [-0.2, -0.15) is 0 Å². The zero-order valence-corrected chi connectivity index (χ0v) is 11.0. The molecule has 0 heterocycles. The van der Waals surface area contributed by atoms with Gasteiger partial charge in [0.2, 0.25) is 5.91 Å². The van der Waals surface area contributed by atoms with Crippen molar-refractivity contribution in [3.8, 4) is 0 Å². The summed E-state index contributed by atoms with van der Waals surface area (Å²) >= 11 is 0. The van der Waals surface area contributed by atoms with Crippen molar-refractivity contribution >= 4 is 17.6 Å². The van der Waals surface area contributed by atoms with E-state index >= 15 is 0 Å². The standard InChI is InChI=1S/C13H20N4O2/c1-9(14)10-4-2-5-11(8-10)17-13(19)16-7-3-6-12(15)18/h2,4-5,8-9H,3,6-7,14H2,1H3,(H2,15,18)(H2,16,17,19). The molecule has 1 aromatic carbocycles. The molecule has 3 amide bonds. The average molecular weight is 264 g/mol. The summed E-state index contributed by atoms with van der Waals surface area (Å²) in [5, 5.41) is 5.35. The fourth-order valence-corrected chi connectivity index (χ4v) is 1.54. The van der Waals surface area contributed by atoms with Crippen LogP contribution in [0.1, 0.15) is 31.4 Å². The van der Waals surface area contributed by atoms with Gasteiger partial charge in [0.25, 0.3) is 0 Å². The first-order chi connectivity index (χ1) is 8.99. The lowest BCUT2D eigenvalue weighted by Crippen LogP contribution is -2.30. The Morgan fingerprint density at radius 1 is 1.37 bits per heavy atom. The molecule has 1 aromatic rings. The highest BCUT2D eigenvalue weighted by atomic mass is 16.2. The molecule has 0 aliphatic heterocycles. The number of hydrogen-bond acceptors (Lipinski definition) is 3. The van der Waals surface area contributed by atoms with Crippen molar-refractivity contribution in [1.29, 1.82) is 0 Å². The molecule has 1 unspecified atom stereocenters. The Hall–Kier alpha value is -2.08. The second kappa shape index (κ2) is 7.38. The molecule has 0 aliphatic carbocycles. The molecule has 0 saturated heterocycles. The number of nitrogens with one attached hydrogen (secondary N) is 2. The average Bonchev–Trinajstić information content (AvgIpc) is 2.34. The highest BCUT2D eigenvalue weighted by Crippen LogP contribution is 2.15. The summed E-state index contributed by atoms with van der Waals surface area (Å²) in [5.41, 5.74) is 12.4. The van der Waals surface area contributed by atoms with E-state index in [2.05, 4.69) is 10.6 Å². The van der Waals surface area contributed by atoms with E-state index in [-0.39, 0.29) is 24.4 Å². The Balaban J connectivity index is 2.39. The summed E-state index contributed by atoms with van der Waals surface area (Å²) < 4.78 is 0. The van der Waals surface area contributed by atoms with Crippen LogP contribution in [0.25, 0.3) is 0 Å². The molecule has 1 atom stereocenters. The minimum absolute atomic E-state index is 0.0830. The lowest BCUT2D eigenvalue weighted by molar-refractivity contribution is -0.118. The number of hydrogen-bond donors (Lipinski definition) is 4. The molecule has 19 heavy (non-hydrogen) atoms. The van der Waals surface area contributed by atoms with Crippen LogP contribution in [0.4, 0.5) is 10.5 Å². The smallest absolute Gasteiger partial charge is 0.319 e. The summed E-state index contributed by atoms with van der Waals surface area (Å²) in [6, 6.07) is 6.96. The van der Waals surface area contributed by atoms with Crippen LogP contribution in [0.3, 0.4) is 0 Å².